The normalized spacial score (nSPS) is 10.9. The zero-order valence-corrected chi connectivity index (χ0v) is 10.9. The molecule has 0 saturated carbocycles. The third kappa shape index (κ3) is 3.86. The Labute approximate surface area is 111 Å². The first kappa shape index (κ1) is 13.7. The van der Waals surface area contributed by atoms with E-state index in [2.05, 4.69) is 10.3 Å². The number of aryl methyl sites for hydroxylation is 2. The number of aromatic nitrogens is 2. The Balaban J connectivity index is 2.00. The molecule has 3 nitrogen and oxygen atoms in total. The van der Waals surface area contributed by atoms with Gasteiger partial charge in [-0.2, -0.15) is 0 Å². The van der Waals surface area contributed by atoms with Crippen molar-refractivity contribution < 1.29 is 8.78 Å². The van der Waals surface area contributed by atoms with Crippen LogP contribution in [0.4, 0.5) is 8.78 Å². The Morgan fingerprint density at radius 3 is 2.63 bits per heavy atom. The molecule has 0 bridgehead atoms. The van der Waals surface area contributed by atoms with Crippen molar-refractivity contribution in [2.75, 3.05) is 6.54 Å². The minimum Gasteiger partial charge on any atom is -0.333 e. The fraction of sp³-hybridized carbons (Fsp3) is 0.357. The highest BCUT2D eigenvalue weighted by atomic mass is 19.1. The summed E-state index contributed by atoms with van der Waals surface area (Å²) in [5.74, 6) is -1.07. The molecule has 0 unspecified atom stereocenters. The van der Waals surface area contributed by atoms with Crippen molar-refractivity contribution in [2.45, 2.75) is 26.4 Å². The van der Waals surface area contributed by atoms with Gasteiger partial charge in [-0.1, -0.05) is 6.92 Å². The van der Waals surface area contributed by atoms with E-state index in [1.54, 1.807) is 12.5 Å². The summed E-state index contributed by atoms with van der Waals surface area (Å²) in [6.07, 6.45) is 4.11. The molecule has 0 saturated heterocycles. The van der Waals surface area contributed by atoms with Gasteiger partial charge < -0.3 is 9.88 Å². The molecule has 0 atom stereocenters. The highest BCUT2D eigenvalue weighted by Crippen LogP contribution is 2.10. The molecule has 5 heteroatoms. The van der Waals surface area contributed by atoms with E-state index in [1.165, 1.54) is 12.1 Å². The largest absolute Gasteiger partial charge is 0.333 e. The van der Waals surface area contributed by atoms with Crippen LogP contribution in [0.25, 0.3) is 0 Å². The lowest BCUT2D eigenvalue weighted by Gasteiger charge is -2.08. The molecular weight excluding hydrogens is 248 g/mol. The Hall–Kier alpha value is -1.75. The van der Waals surface area contributed by atoms with Crippen molar-refractivity contribution in [2.24, 2.45) is 0 Å². The summed E-state index contributed by atoms with van der Waals surface area (Å²) in [7, 11) is 0. The van der Waals surface area contributed by atoms with Gasteiger partial charge in [-0.15, -0.1) is 0 Å². The molecule has 19 heavy (non-hydrogen) atoms. The van der Waals surface area contributed by atoms with E-state index in [0.717, 1.165) is 24.8 Å². The molecule has 102 valence electrons. The summed E-state index contributed by atoms with van der Waals surface area (Å²) in [5, 5.41) is 3.23. The second kappa shape index (κ2) is 6.43. The molecular formula is C14H17F2N3. The topological polar surface area (TPSA) is 29.9 Å². The van der Waals surface area contributed by atoms with Crippen molar-refractivity contribution >= 4 is 0 Å². The minimum absolute atomic E-state index is 0.534. The van der Waals surface area contributed by atoms with Crippen molar-refractivity contribution in [3.05, 3.63) is 53.6 Å². The molecule has 0 aliphatic carbocycles. The zero-order valence-electron chi connectivity index (χ0n) is 10.9. The lowest BCUT2D eigenvalue weighted by molar-refractivity contribution is 0.573. The number of benzene rings is 1. The first-order valence-corrected chi connectivity index (χ1v) is 6.33. The second-order valence-electron chi connectivity index (χ2n) is 4.39. The number of nitrogens with zero attached hydrogens (tertiary/aromatic N) is 2. The Bertz CT molecular complexity index is 517. The smallest absolute Gasteiger partial charge is 0.126 e. The van der Waals surface area contributed by atoms with Crippen LogP contribution in [0.3, 0.4) is 0 Å². The third-order valence-corrected chi connectivity index (χ3v) is 2.92. The summed E-state index contributed by atoms with van der Waals surface area (Å²) < 4.78 is 28.1. The van der Waals surface area contributed by atoms with Gasteiger partial charge in [0.25, 0.3) is 0 Å². The summed E-state index contributed by atoms with van der Waals surface area (Å²) in [6.45, 7) is 4.33. The maximum absolute atomic E-state index is 13.1. The van der Waals surface area contributed by atoms with Crippen molar-refractivity contribution in [3.8, 4) is 0 Å². The van der Waals surface area contributed by atoms with Gasteiger partial charge in [-0.05, 0) is 30.7 Å². The molecule has 2 aromatic rings. The summed E-state index contributed by atoms with van der Waals surface area (Å²) >= 11 is 0. The molecule has 1 N–H and O–H groups in total. The first-order valence-electron chi connectivity index (χ1n) is 6.33. The molecule has 0 fully saturated rings. The van der Waals surface area contributed by atoms with Crippen molar-refractivity contribution in [1.29, 1.82) is 0 Å². The van der Waals surface area contributed by atoms with E-state index in [4.69, 9.17) is 0 Å². The predicted octanol–water partition coefficient (Wildman–Crippen LogP) is 2.51. The van der Waals surface area contributed by atoms with Crippen LogP contribution in [0.15, 0.2) is 30.7 Å². The molecule has 0 amide bonds. The summed E-state index contributed by atoms with van der Waals surface area (Å²) in [5.41, 5.74) is 1.72. The fourth-order valence-corrected chi connectivity index (χ4v) is 1.95. The fourth-order valence-electron chi connectivity index (χ4n) is 1.95. The van der Waals surface area contributed by atoms with Crippen LogP contribution in [0, 0.1) is 11.6 Å². The molecule has 1 aromatic heterocycles. The van der Waals surface area contributed by atoms with Gasteiger partial charge in [0.1, 0.15) is 11.6 Å². The quantitative estimate of drug-likeness (QED) is 0.869. The number of hydrogen-bond donors (Lipinski definition) is 1. The first-order chi connectivity index (χ1) is 9.19. The molecule has 2 rings (SSSR count). The number of rotatable bonds is 6. The summed E-state index contributed by atoms with van der Waals surface area (Å²) in [6, 6.07) is 3.62. The third-order valence-electron chi connectivity index (χ3n) is 2.92. The summed E-state index contributed by atoms with van der Waals surface area (Å²) in [4.78, 5) is 4.10. The van der Waals surface area contributed by atoms with Gasteiger partial charge in [0.15, 0.2) is 0 Å². The van der Waals surface area contributed by atoms with Gasteiger partial charge in [-0.25, -0.2) is 13.8 Å². The lowest BCUT2D eigenvalue weighted by atomic mass is 10.1. The molecule has 1 aromatic carbocycles. The van der Waals surface area contributed by atoms with Gasteiger partial charge in [0.2, 0.25) is 0 Å². The van der Waals surface area contributed by atoms with E-state index < -0.39 is 11.6 Å². The van der Waals surface area contributed by atoms with Crippen molar-refractivity contribution in [1.82, 2.24) is 14.9 Å². The van der Waals surface area contributed by atoms with Crippen LogP contribution in [0.5, 0.6) is 0 Å². The SMILES string of the molecule is CCNCc1cncn1CCc1cc(F)cc(F)c1. The lowest BCUT2D eigenvalue weighted by Crippen LogP contribution is -2.15. The maximum Gasteiger partial charge on any atom is 0.126 e. The number of imidazole rings is 1. The van der Waals surface area contributed by atoms with Crippen LogP contribution < -0.4 is 5.32 Å². The number of hydrogen-bond acceptors (Lipinski definition) is 2. The van der Waals surface area contributed by atoms with Gasteiger partial charge >= 0.3 is 0 Å². The minimum atomic E-state index is -0.534. The predicted molar refractivity (Wildman–Crippen MR) is 69.7 cm³/mol. The average Bonchev–Trinajstić information content (AvgIpc) is 2.80. The van der Waals surface area contributed by atoms with Crippen LogP contribution in [-0.2, 0) is 19.5 Å². The second-order valence-corrected chi connectivity index (χ2v) is 4.39. The number of nitrogens with one attached hydrogen (secondary N) is 1. The van der Waals surface area contributed by atoms with Gasteiger partial charge in [0, 0.05) is 25.4 Å². The Morgan fingerprint density at radius 2 is 1.95 bits per heavy atom. The Morgan fingerprint density at radius 1 is 1.21 bits per heavy atom. The highest BCUT2D eigenvalue weighted by Gasteiger charge is 2.04. The zero-order chi connectivity index (χ0) is 13.7. The van der Waals surface area contributed by atoms with E-state index in [-0.39, 0.29) is 0 Å². The standard InChI is InChI=1S/C14H17F2N3/c1-2-17-8-14-9-18-10-19(14)4-3-11-5-12(15)7-13(16)6-11/h5-7,9-10,17H,2-4,8H2,1H3. The molecule has 0 aliphatic rings. The van der Waals surface area contributed by atoms with Gasteiger partial charge in [0.05, 0.1) is 12.0 Å². The Kier molecular flexibility index (Phi) is 4.63. The van der Waals surface area contributed by atoms with Crippen LogP contribution in [0.2, 0.25) is 0 Å². The average molecular weight is 265 g/mol. The van der Waals surface area contributed by atoms with Gasteiger partial charge in [-0.3, -0.25) is 0 Å². The van der Waals surface area contributed by atoms with Crippen LogP contribution in [-0.4, -0.2) is 16.1 Å². The number of halogens is 2. The molecule has 0 aliphatic heterocycles. The molecule has 0 radical (unpaired) electrons. The monoisotopic (exact) mass is 265 g/mol. The van der Waals surface area contributed by atoms with E-state index in [9.17, 15) is 8.78 Å². The van der Waals surface area contributed by atoms with E-state index in [0.29, 0.717) is 18.5 Å². The van der Waals surface area contributed by atoms with Crippen LogP contribution in [0.1, 0.15) is 18.2 Å². The molecule has 1 heterocycles. The van der Waals surface area contributed by atoms with E-state index >= 15 is 0 Å². The van der Waals surface area contributed by atoms with Crippen LogP contribution >= 0.6 is 0 Å². The van der Waals surface area contributed by atoms with Crippen molar-refractivity contribution in [3.63, 3.8) is 0 Å². The maximum atomic E-state index is 13.1. The highest BCUT2D eigenvalue weighted by molar-refractivity contribution is 5.18. The van der Waals surface area contributed by atoms with E-state index in [1.807, 2.05) is 11.5 Å². The molecule has 0 spiro atoms.